The van der Waals surface area contributed by atoms with Crippen molar-refractivity contribution in [2.45, 2.75) is 31.6 Å². The molecule has 0 unspecified atom stereocenters. The molecule has 0 aliphatic heterocycles. The Labute approximate surface area is 207 Å². The molecule has 3 aromatic carbocycles. The Morgan fingerprint density at radius 2 is 1.54 bits per heavy atom. The lowest BCUT2D eigenvalue weighted by atomic mass is 10.1. The molecule has 0 aliphatic rings. The molecule has 0 saturated carbocycles. The molecule has 0 bridgehead atoms. The summed E-state index contributed by atoms with van der Waals surface area (Å²) in [5.41, 5.74) is 2.56. The molecule has 0 radical (unpaired) electrons. The summed E-state index contributed by atoms with van der Waals surface area (Å²) in [7, 11) is -2.43. The van der Waals surface area contributed by atoms with E-state index in [4.69, 9.17) is 9.47 Å². The Morgan fingerprint density at radius 1 is 0.914 bits per heavy atom. The molecule has 0 heterocycles. The van der Waals surface area contributed by atoms with Gasteiger partial charge in [0.2, 0.25) is 5.91 Å². The van der Waals surface area contributed by atoms with Gasteiger partial charge in [0.1, 0.15) is 24.7 Å². The number of rotatable bonds is 12. The Hall–Kier alpha value is -3.52. The van der Waals surface area contributed by atoms with Crippen molar-refractivity contribution in [3.63, 3.8) is 0 Å². The van der Waals surface area contributed by atoms with E-state index in [9.17, 15) is 13.2 Å². The molecule has 0 aromatic heterocycles. The molecule has 1 amide bonds. The number of carbonyl (C=O) groups is 1. The second-order valence-electron chi connectivity index (χ2n) is 8.12. The molecule has 0 aliphatic carbocycles. The van der Waals surface area contributed by atoms with Gasteiger partial charge in [-0.15, -0.1) is 0 Å². The number of methoxy groups -OCH3 is 1. The van der Waals surface area contributed by atoms with Gasteiger partial charge in [-0.25, -0.2) is 8.42 Å². The van der Waals surface area contributed by atoms with Crippen molar-refractivity contribution in [1.82, 2.24) is 5.32 Å². The van der Waals surface area contributed by atoms with Gasteiger partial charge in [0.15, 0.2) is 0 Å². The average Bonchev–Trinajstić information content (AvgIpc) is 2.86. The van der Waals surface area contributed by atoms with Crippen molar-refractivity contribution >= 4 is 21.6 Å². The van der Waals surface area contributed by atoms with Gasteiger partial charge in [-0.1, -0.05) is 43.2 Å². The van der Waals surface area contributed by atoms with Crippen molar-refractivity contribution in [2.24, 2.45) is 0 Å². The highest BCUT2D eigenvalue weighted by molar-refractivity contribution is 7.92. The molecule has 35 heavy (non-hydrogen) atoms. The summed E-state index contributed by atoms with van der Waals surface area (Å²) in [4.78, 5) is 12.8. The van der Waals surface area contributed by atoms with Crippen LogP contribution in [0.1, 0.15) is 24.5 Å². The number of carbonyl (C=O) groups excluding carboxylic acids is 1. The lowest BCUT2D eigenvalue weighted by Crippen LogP contribution is -2.41. The van der Waals surface area contributed by atoms with E-state index in [1.165, 1.54) is 12.7 Å². The maximum absolute atomic E-state index is 13.4. The normalized spacial score (nSPS) is 11.1. The summed E-state index contributed by atoms with van der Waals surface area (Å²) in [6.45, 7) is 4.17. The van der Waals surface area contributed by atoms with E-state index in [1.807, 2.05) is 31.2 Å². The van der Waals surface area contributed by atoms with Crippen LogP contribution in [0.25, 0.3) is 0 Å². The monoisotopic (exact) mass is 496 g/mol. The fourth-order valence-corrected chi connectivity index (χ4v) is 4.91. The van der Waals surface area contributed by atoms with Gasteiger partial charge in [-0.05, 0) is 67.4 Å². The number of anilines is 1. The SMILES string of the molecule is CCCc1ccc(OCCNC(=O)CN(c2ccc(OC)cc2)S(=O)(=O)c2ccc(C)cc2)cc1. The van der Waals surface area contributed by atoms with Crippen LogP contribution >= 0.6 is 0 Å². The van der Waals surface area contributed by atoms with Gasteiger partial charge in [0.25, 0.3) is 10.0 Å². The van der Waals surface area contributed by atoms with Gasteiger partial charge in [-0.3, -0.25) is 9.10 Å². The van der Waals surface area contributed by atoms with E-state index in [0.717, 1.165) is 28.5 Å². The van der Waals surface area contributed by atoms with Crippen molar-refractivity contribution in [3.8, 4) is 11.5 Å². The zero-order valence-corrected chi connectivity index (χ0v) is 21.2. The third kappa shape index (κ3) is 7.23. The molecule has 0 fully saturated rings. The number of ether oxygens (including phenoxy) is 2. The van der Waals surface area contributed by atoms with Crippen molar-refractivity contribution in [1.29, 1.82) is 0 Å². The van der Waals surface area contributed by atoms with Crippen LogP contribution in [0.5, 0.6) is 11.5 Å². The van der Waals surface area contributed by atoms with Crippen LogP contribution in [0.2, 0.25) is 0 Å². The average molecular weight is 497 g/mol. The van der Waals surface area contributed by atoms with Crippen molar-refractivity contribution in [2.75, 3.05) is 31.1 Å². The van der Waals surface area contributed by atoms with Crippen molar-refractivity contribution < 1.29 is 22.7 Å². The zero-order valence-electron chi connectivity index (χ0n) is 20.4. The minimum absolute atomic E-state index is 0.113. The number of nitrogens with zero attached hydrogens (tertiary/aromatic N) is 1. The number of sulfonamides is 1. The van der Waals surface area contributed by atoms with Crippen molar-refractivity contribution in [3.05, 3.63) is 83.9 Å². The minimum Gasteiger partial charge on any atom is -0.497 e. The number of aryl methyl sites for hydroxylation is 2. The second kappa shape index (κ2) is 12.3. The van der Waals surface area contributed by atoms with E-state index in [1.54, 1.807) is 48.5 Å². The highest BCUT2D eigenvalue weighted by Gasteiger charge is 2.27. The first-order chi connectivity index (χ1) is 16.8. The Kier molecular flexibility index (Phi) is 9.14. The van der Waals surface area contributed by atoms with Crippen LogP contribution in [-0.2, 0) is 21.2 Å². The smallest absolute Gasteiger partial charge is 0.264 e. The number of benzene rings is 3. The highest BCUT2D eigenvalue weighted by Crippen LogP contribution is 2.26. The maximum Gasteiger partial charge on any atom is 0.264 e. The quantitative estimate of drug-likeness (QED) is 0.377. The lowest BCUT2D eigenvalue weighted by molar-refractivity contribution is -0.119. The Bertz CT molecular complexity index is 1190. The Balaban J connectivity index is 1.66. The molecule has 3 aromatic rings. The van der Waals surface area contributed by atoms with Crippen LogP contribution in [0, 0.1) is 6.92 Å². The van der Waals surface area contributed by atoms with Gasteiger partial charge in [0.05, 0.1) is 24.2 Å². The predicted molar refractivity (Wildman–Crippen MR) is 138 cm³/mol. The molecule has 186 valence electrons. The molecular weight excluding hydrogens is 464 g/mol. The number of nitrogens with one attached hydrogen (secondary N) is 1. The Morgan fingerprint density at radius 3 is 2.14 bits per heavy atom. The first-order valence-corrected chi connectivity index (χ1v) is 13.0. The van der Waals surface area contributed by atoms with Crippen LogP contribution in [0.15, 0.2) is 77.7 Å². The molecular formula is C27H32N2O5S. The number of hydrogen-bond donors (Lipinski definition) is 1. The first-order valence-electron chi connectivity index (χ1n) is 11.6. The van der Waals surface area contributed by atoms with E-state index in [0.29, 0.717) is 11.4 Å². The number of hydrogen-bond acceptors (Lipinski definition) is 5. The lowest BCUT2D eigenvalue weighted by Gasteiger charge is -2.24. The second-order valence-corrected chi connectivity index (χ2v) is 9.98. The molecule has 8 heteroatoms. The summed E-state index contributed by atoms with van der Waals surface area (Å²) in [5, 5.41) is 2.75. The summed E-state index contributed by atoms with van der Waals surface area (Å²) in [5.74, 6) is 0.880. The molecule has 3 rings (SSSR count). The number of amides is 1. The van der Waals surface area contributed by atoms with E-state index in [2.05, 4.69) is 12.2 Å². The van der Waals surface area contributed by atoms with Gasteiger partial charge >= 0.3 is 0 Å². The fourth-order valence-electron chi connectivity index (χ4n) is 3.49. The van der Waals surface area contributed by atoms with E-state index in [-0.39, 0.29) is 24.6 Å². The topological polar surface area (TPSA) is 84.9 Å². The third-order valence-electron chi connectivity index (χ3n) is 5.41. The fraction of sp³-hybridized carbons (Fsp3) is 0.296. The van der Waals surface area contributed by atoms with E-state index < -0.39 is 15.9 Å². The standard InChI is InChI=1S/C27H32N2O5S/c1-4-5-22-8-12-25(13-9-22)34-19-18-28-27(30)20-29(23-10-14-24(33-3)15-11-23)35(31,32)26-16-6-21(2)7-17-26/h6-17H,4-5,18-20H2,1-3H3,(H,28,30). The molecule has 1 N–H and O–H groups in total. The maximum atomic E-state index is 13.4. The first kappa shape index (κ1) is 26.1. The molecule has 0 saturated heterocycles. The minimum atomic E-state index is -3.97. The largest absolute Gasteiger partial charge is 0.497 e. The third-order valence-corrected chi connectivity index (χ3v) is 7.20. The highest BCUT2D eigenvalue weighted by atomic mass is 32.2. The zero-order chi connectivity index (χ0) is 25.3. The van der Waals surface area contributed by atoms with E-state index >= 15 is 0 Å². The van der Waals surface area contributed by atoms with Gasteiger partial charge in [0, 0.05) is 0 Å². The van der Waals surface area contributed by atoms with Crippen LogP contribution in [0.4, 0.5) is 5.69 Å². The van der Waals surface area contributed by atoms with Crippen LogP contribution in [0.3, 0.4) is 0 Å². The summed E-state index contributed by atoms with van der Waals surface area (Å²) < 4.78 is 38.8. The van der Waals surface area contributed by atoms with Gasteiger partial charge < -0.3 is 14.8 Å². The summed E-state index contributed by atoms with van der Waals surface area (Å²) in [6, 6.07) is 21.0. The predicted octanol–water partition coefficient (Wildman–Crippen LogP) is 4.35. The summed E-state index contributed by atoms with van der Waals surface area (Å²) >= 11 is 0. The van der Waals surface area contributed by atoms with Crippen LogP contribution < -0.4 is 19.1 Å². The molecule has 0 spiro atoms. The van der Waals surface area contributed by atoms with Crippen LogP contribution in [-0.4, -0.2) is 41.1 Å². The summed E-state index contributed by atoms with van der Waals surface area (Å²) in [6.07, 6.45) is 2.10. The molecule has 0 atom stereocenters. The van der Waals surface area contributed by atoms with Gasteiger partial charge in [-0.2, -0.15) is 0 Å². The molecule has 7 nitrogen and oxygen atoms in total.